The molecule has 1 aliphatic heterocycles. The summed E-state index contributed by atoms with van der Waals surface area (Å²) >= 11 is 0. The third kappa shape index (κ3) is 1.87. The highest BCUT2D eigenvalue weighted by atomic mass is 16.3. The quantitative estimate of drug-likeness (QED) is 0.473. The van der Waals surface area contributed by atoms with Crippen LogP contribution >= 0.6 is 0 Å². The van der Waals surface area contributed by atoms with Crippen molar-refractivity contribution < 1.29 is 5.11 Å². The molecule has 0 radical (unpaired) electrons. The topological polar surface area (TPSA) is 94.1 Å². The first-order valence-electron chi connectivity index (χ1n) is 8.95. The van der Waals surface area contributed by atoms with E-state index in [1.807, 2.05) is 54.7 Å². The molecule has 0 amide bonds. The number of nitrogens with zero attached hydrogens (tertiary/aromatic N) is 2. The van der Waals surface area contributed by atoms with E-state index in [1.54, 1.807) is 6.08 Å². The number of rotatable bonds is 1. The van der Waals surface area contributed by atoms with E-state index in [0.717, 1.165) is 27.7 Å². The van der Waals surface area contributed by atoms with E-state index in [1.165, 1.54) is 6.20 Å². The second kappa shape index (κ2) is 5.15. The normalized spacial score (nSPS) is 19.6. The summed E-state index contributed by atoms with van der Waals surface area (Å²) in [6.07, 6.45) is 5.03. The molecule has 6 heteroatoms. The van der Waals surface area contributed by atoms with Crippen molar-refractivity contribution in [1.29, 1.82) is 0 Å². The molecule has 28 heavy (non-hydrogen) atoms. The zero-order valence-corrected chi connectivity index (χ0v) is 14.6. The summed E-state index contributed by atoms with van der Waals surface area (Å²) in [6.45, 7) is 0. The zero-order valence-electron chi connectivity index (χ0n) is 14.6. The van der Waals surface area contributed by atoms with Gasteiger partial charge in [-0.2, -0.15) is 0 Å². The predicted octanol–water partition coefficient (Wildman–Crippen LogP) is 1.22. The number of aliphatic imine (C=N–C) groups is 1. The zero-order chi connectivity index (χ0) is 18.9. The number of nitrogens with one attached hydrogen (secondary N) is 2. The Morgan fingerprint density at radius 3 is 2.79 bits per heavy atom. The van der Waals surface area contributed by atoms with Gasteiger partial charge in [-0.05, 0) is 18.2 Å². The van der Waals surface area contributed by atoms with Crippen molar-refractivity contribution in [2.75, 3.05) is 0 Å². The summed E-state index contributed by atoms with van der Waals surface area (Å²) in [4.78, 5) is 26.6. The molecule has 1 aliphatic carbocycles. The number of hydrogen-bond acceptors (Lipinski definition) is 4. The summed E-state index contributed by atoms with van der Waals surface area (Å²) in [6, 6.07) is 15.5. The fourth-order valence-electron chi connectivity index (χ4n) is 4.22. The molecule has 1 atom stereocenters. The maximum absolute atomic E-state index is 11.9. The molecule has 0 bridgehead atoms. The van der Waals surface area contributed by atoms with Crippen molar-refractivity contribution in [3.63, 3.8) is 0 Å². The molecular formula is C22H14N4O2. The SMILES string of the molecule is O=c1ncc2c([nH]1)=C1C(=Nc3ccccc31)C(O)(c1c[nH]c3ccccc13)C=2. The van der Waals surface area contributed by atoms with Gasteiger partial charge in [0, 0.05) is 45.2 Å². The van der Waals surface area contributed by atoms with Crippen LogP contribution < -0.4 is 16.3 Å². The van der Waals surface area contributed by atoms with Crippen LogP contribution in [0.3, 0.4) is 0 Å². The highest BCUT2D eigenvalue weighted by Gasteiger charge is 2.43. The summed E-state index contributed by atoms with van der Waals surface area (Å²) in [5.74, 6) is 0. The van der Waals surface area contributed by atoms with E-state index < -0.39 is 11.3 Å². The van der Waals surface area contributed by atoms with Crippen molar-refractivity contribution in [3.05, 3.63) is 93.1 Å². The van der Waals surface area contributed by atoms with E-state index in [9.17, 15) is 9.90 Å². The minimum Gasteiger partial charge on any atom is -0.375 e. The first-order valence-corrected chi connectivity index (χ1v) is 8.95. The first kappa shape index (κ1) is 15.3. The molecule has 0 saturated heterocycles. The van der Waals surface area contributed by atoms with E-state index >= 15 is 0 Å². The highest BCUT2D eigenvalue weighted by molar-refractivity contribution is 6.34. The number of aromatic nitrogens is 3. The van der Waals surface area contributed by atoms with Gasteiger partial charge in [-0.1, -0.05) is 36.4 Å². The molecule has 1 unspecified atom stereocenters. The summed E-state index contributed by atoms with van der Waals surface area (Å²) in [5.41, 5.74) is 2.65. The van der Waals surface area contributed by atoms with Gasteiger partial charge < -0.3 is 15.1 Å². The second-order valence-electron chi connectivity index (χ2n) is 7.03. The van der Waals surface area contributed by atoms with Crippen LogP contribution in [0.4, 0.5) is 5.69 Å². The Labute approximate surface area is 158 Å². The van der Waals surface area contributed by atoms with Crippen LogP contribution in [0.5, 0.6) is 0 Å². The van der Waals surface area contributed by atoms with E-state index in [-0.39, 0.29) is 0 Å². The Bertz CT molecular complexity index is 1510. The smallest absolute Gasteiger partial charge is 0.345 e. The van der Waals surface area contributed by atoms with E-state index in [2.05, 4.69) is 15.0 Å². The highest BCUT2D eigenvalue weighted by Crippen LogP contribution is 2.43. The number of fused-ring (bicyclic) bond motifs is 5. The molecule has 4 aromatic rings. The largest absolute Gasteiger partial charge is 0.375 e. The molecule has 6 rings (SSSR count). The fraction of sp³-hybridized carbons (Fsp3) is 0.0455. The number of aliphatic hydroxyl groups is 1. The second-order valence-corrected chi connectivity index (χ2v) is 7.03. The van der Waals surface area contributed by atoms with Crippen LogP contribution in [0.1, 0.15) is 11.1 Å². The monoisotopic (exact) mass is 366 g/mol. The maximum Gasteiger partial charge on any atom is 0.345 e. The van der Waals surface area contributed by atoms with Crippen LogP contribution in [0.2, 0.25) is 0 Å². The van der Waals surface area contributed by atoms with Crippen molar-refractivity contribution in [2.24, 2.45) is 4.99 Å². The molecule has 2 aromatic heterocycles. The number of para-hydroxylation sites is 2. The predicted molar refractivity (Wildman–Crippen MR) is 107 cm³/mol. The van der Waals surface area contributed by atoms with Crippen molar-refractivity contribution >= 4 is 34.0 Å². The van der Waals surface area contributed by atoms with Crippen LogP contribution in [0.15, 0.2) is 70.7 Å². The molecule has 2 aromatic carbocycles. The standard InChI is InChI=1S/C22H14N4O2/c27-21-24-10-12-9-22(28,15-11-23-16-7-3-1-5-13(15)16)20-18(19(12)26-21)14-6-2-4-8-17(14)25-20/h1-11,23,28H,(H,26,27). The molecule has 2 aliphatic rings. The third-order valence-electron chi connectivity index (χ3n) is 5.46. The Morgan fingerprint density at radius 1 is 1.04 bits per heavy atom. The van der Waals surface area contributed by atoms with Crippen LogP contribution in [-0.2, 0) is 5.60 Å². The number of benzene rings is 2. The summed E-state index contributed by atoms with van der Waals surface area (Å²) < 4.78 is 0. The van der Waals surface area contributed by atoms with Gasteiger partial charge in [0.2, 0.25) is 0 Å². The van der Waals surface area contributed by atoms with Crippen LogP contribution in [-0.4, -0.2) is 25.8 Å². The third-order valence-corrected chi connectivity index (χ3v) is 5.46. The molecule has 3 N–H and O–H groups in total. The number of hydrogen-bond donors (Lipinski definition) is 3. The van der Waals surface area contributed by atoms with Gasteiger partial charge >= 0.3 is 5.69 Å². The minimum atomic E-state index is -1.46. The molecule has 0 fully saturated rings. The lowest BCUT2D eigenvalue weighted by Gasteiger charge is -2.28. The van der Waals surface area contributed by atoms with Gasteiger partial charge in [0.15, 0.2) is 5.60 Å². The van der Waals surface area contributed by atoms with Crippen molar-refractivity contribution in [3.8, 4) is 0 Å². The Hall–Kier alpha value is -3.77. The molecule has 0 spiro atoms. The van der Waals surface area contributed by atoms with Crippen molar-refractivity contribution in [1.82, 2.24) is 15.0 Å². The lowest BCUT2D eigenvalue weighted by Crippen LogP contribution is -2.49. The Morgan fingerprint density at radius 2 is 1.86 bits per heavy atom. The van der Waals surface area contributed by atoms with E-state index in [0.29, 0.717) is 21.8 Å². The summed E-state index contributed by atoms with van der Waals surface area (Å²) in [7, 11) is 0. The fourth-order valence-corrected chi connectivity index (χ4v) is 4.22. The van der Waals surface area contributed by atoms with Gasteiger partial charge in [-0.15, -0.1) is 0 Å². The average molecular weight is 366 g/mol. The average Bonchev–Trinajstić information content (AvgIpc) is 3.31. The molecular weight excluding hydrogens is 352 g/mol. The van der Waals surface area contributed by atoms with Gasteiger partial charge in [-0.25, -0.2) is 14.8 Å². The Balaban J connectivity index is 1.78. The first-order chi connectivity index (χ1) is 13.6. The maximum atomic E-state index is 11.9. The van der Waals surface area contributed by atoms with Gasteiger partial charge in [0.05, 0.1) is 16.7 Å². The Kier molecular flexibility index (Phi) is 2.81. The summed E-state index contributed by atoms with van der Waals surface area (Å²) in [5, 5.41) is 14.2. The van der Waals surface area contributed by atoms with Gasteiger partial charge in [-0.3, -0.25) is 0 Å². The van der Waals surface area contributed by atoms with E-state index in [4.69, 9.17) is 4.99 Å². The van der Waals surface area contributed by atoms with Crippen LogP contribution in [0, 0.1) is 0 Å². The molecule has 134 valence electrons. The van der Waals surface area contributed by atoms with Crippen LogP contribution in [0.25, 0.3) is 22.6 Å². The molecule has 6 nitrogen and oxygen atoms in total. The molecule has 0 saturated carbocycles. The number of H-pyrrole nitrogens is 2. The van der Waals surface area contributed by atoms with Crippen molar-refractivity contribution in [2.45, 2.75) is 5.60 Å². The van der Waals surface area contributed by atoms with Gasteiger partial charge in [0.25, 0.3) is 0 Å². The number of aromatic amines is 2. The van der Waals surface area contributed by atoms with Gasteiger partial charge in [0.1, 0.15) is 0 Å². The lowest BCUT2D eigenvalue weighted by atomic mass is 9.80. The molecule has 3 heterocycles. The minimum absolute atomic E-state index is 0.430. The lowest BCUT2D eigenvalue weighted by molar-refractivity contribution is 0.184.